The van der Waals surface area contributed by atoms with Crippen LogP contribution < -0.4 is 10.2 Å². The zero-order chi connectivity index (χ0) is 18.6. The molecule has 0 bridgehead atoms. The smallest absolute Gasteiger partial charge is 0.244 e. The van der Waals surface area contributed by atoms with Gasteiger partial charge < -0.3 is 10.2 Å². The van der Waals surface area contributed by atoms with Crippen LogP contribution in [0.4, 0.5) is 11.4 Å². The molecule has 0 aliphatic rings. The third-order valence-corrected chi connectivity index (χ3v) is 4.22. The summed E-state index contributed by atoms with van der Waals surface area (Å²) < 4.78 is 0. The van der Waals surface area contributed by atoms with Gasteiger partial charge in [-0.05, 0) is 54.7 Å². The molecular weight excluding hydrogens is 312 g/mol. The van der Waals surface area contributed by atoms with Crippen LogP contribution in [0.3, 0.4) is 0 Å². The average molecular weight is 338 g/mol. The van der Waals surface area contributed by atoms with Crippen molar-refractivity contribution in [2.24, 2.45) is 0 Å². The van der Waals surface area contributed by atoms with Gasteiger partial charge in [0, 0.05) is 18.3 Å². The summed E-state index contributed by atoms with van der Waals surface area (Å²) >= 11 is 0. The summed E-state index contributed by atoms with van der Waals surface area (Å²) in [6.45, 7) is 9.63. The van der Waals surface area contributed by atoms with Gasteiger partial charge in [-0.3, -0.25) is 9.59 Å². The van der Waals surface area contributed by atoms with Crippen molar-refractivity contribution < 1.29 is 9.59 Å². The Kier molecular flexibility index (Phi) is 5.97. The van der Waals surface area contributed by atoms with Gasteiger partial charge in [0.25, 0.3) is 0 Å². The maximum atomic E-state index is 12.4. The SMILES string of the molecule is CC(=O)N(CC(=O)Nc1cc(C)ccc1C)c1ccc(C(C)C)cc1. The molecule has 2 rings (SSSR count). The highest BCUT2D eigenvalue weighted by atomic mass is 16.2. The molecule has 0 unspecified atom stereocenters. The Bertz CT molecular complexity index is 764. The molecule has 2 aromatic rings. The first-order valence-corrected chi connectivity index (χ1v) is 8.53. The van der Waals surface area contributed by atoms with Crippen molar-refractivity contribution in [1.82, 2.24) is 0 Å². The zero-order valence-electron chi connectivity index (χ0n) is 15.6. The lowest BCUT2D eigenvalue weighted by Gasteiger charge is -2.21. The highest BCUT2D eigenvalue weighted by Crippen LogP contribution is 2.21. The maximum absolute atomic E-state index is 12.4. The van der Waals surface area contributed by atoms with Gasteiger partial charge in [0.15, 0.2) is 0 Å². The first-order chi connectivity index (χ1) is 11.8. The first kappa shape index (κ1) is 18.7. The van der Waals surface area contributed by atoms with Crippen molar-refractivity contribution in [3.8, 4) is 0 Å². The Hall–Kier alpha value is -2.62. The summed E-state index contributed by atoms with van der Waals surface area (Å²) in [5.41, 5.74) is 4.78. The van der Waals surface area contributed by atoms with Crippen LogP contribution in [0, 0.1) is 13.8 Å². The van der Waals surface area contributed by atoms with Crippen LogP contribution in [0.2, 0.25) is 0 Å². The number of hydrogen-bond acceptors (Lipinski definition) is 2. The second kappa shape index (κ2) is 7.97. The monoisotopic (exact) mass is 338 g/mol. The minimum absolute atomic E-state index is 0.0102. The summed E-state index contributed by atoms with van der Waals surface area (Å²) in [5, 5.41) is 2.90. The molecule has 0 aliphatic carbocycles. The molecule has 25 heavy (non-hydrogen) atoms. The second-order valence-electron chi connectivity index (χ2n) is 6.72. The number of benzene rings is 2. The van der Waals surface area contributed by atoms with Crippen molar-refractivity contribution in [2.45, 2.75) is 40.5 Å². The minimum atomic E-state index is -0.211. The van der Waals surface area contributed by atoms with E-state index in [9.17, 15) is 9.59 Å². The minimum Gasteiger partial charge on any atom is -0.324 e. The number of nitrogens with zero attached hydrogens (tertiary/aromatic N) is 1. The van der Waals surface area contributed by atoms with Crippen LogP contribution in [-0.4, -0.2) is 18.4 Å². The Balaban J connectivity index is 2.14. The third kappa shape index (κ3) is 4.92. The van der Waals surface area contributed by atoms with E-state index in [1.165, 1.54) is 17.4 Å². The van der Waals surface area contributed by atoms with Gasteiger partial charge >= 0.3 is 0 Å². The largest absolute Gasteiger partial charge is 0.324 e. The van der Waals surface area contributed by atoms with E-state index in [0.717, 1.165) is 22.5 Å². The summed E-state index contributed by atoms with van der Waals surface area (Å²) in [4.78, 5) is 25.9. The van der Waals surface area contributed by atoms with Gasteiger partial charge in [0.2, 0.25) is 11.8 Å². The second-order valence-corrected chi connectivity index (χ2v) is 6.72. The Morgan fingerprint density at radius 3 is 2.24 bits per heavy atom. The van der Waals surface area contributed by atoms with Gasteiger partial charge in [0.05, 0.1) is 0 Å². The highest BCUT2D eigenvalue weighted by molar-refractivity contribution is 6.02. The molecular formula is C21H26N2O2. The van der Waals surface area contributed by atoms with Crippen molar-refractivity contribution in [2.75, 3.05) is 16.8 Å². The Morgan fingerprint density at radius 2 is 1.68 bits per heavy atom. The lowest BCUT2D eigenvalue weighted by molar-refractivity contribution is -0.120. The van der Waals surface area contributed by atoms with Gasteiger partial charge in [-0.25, -0.2) is 0 Å². The number of rotatable bonds is 5. The van der Waals surface area contributed by atoms with Crippen molar-refractivity contribution in [3.05, 3.63) is 59.2 Å². The number of hydrogen-bond donors (Lipinski definition) is 1. The lowest BCUT2D eigenvalue weighted by Crippen LogP contribution is -2.36. The number of amides is 2. The fraction of sp³-hybridized carbons (Fsp3) is 0.333. The standard InChI is InChI=1S/C21H26N2O2/c1-14(2)18-8-10-19(11-9-18)23(17(5)24)13-21(25)22-20-12-15(3)6-7-16(20)4/h6-12,14H,13H2,1-5H3,(H,22,25). The van der Waals surface area contributed by atoms with E-state index < -0.39 is 0 Å². The summed E-state index contributed by atoms with van der Waals surface area (Å²) in [6, 6.07) is 13.7. The van der Waals surface area contributed by atoms with Crippen LogP contribution in [0.5, 0.6) is 0 Å². The van der Waals surface area contributed by atoms with Crippen LogP contribution in [0.1, 0.15) is 43.4 Å². The predicted molar refractivity (Wildman–Crippen MR) is 103 cm³/mol. The first-order valence-electron chi connectivity index (χ1n) is 8.53. The molecule has 4 heteroatoms. The van der Waals surface area contributed by atoms with Crippen molar-refractivity contribution >= 4 is 23.2 Å². The predicted octanol–water partition coefficient (Wildman–Crippen LogP) is 4.42. The quantitative estimate of drug-likeness (QED) is 0.877. The molecule has 4 nitrogen and oxygen atoms in total. The average Bonchev–Trinajstić information content (AvgIpc) is 2.56. The number of aryl methyl sites for hydroxylation is 2. The molecule has 132 valence electrons. The van der Waals surface area contributed by atoms with Gasteiger partial charge in [0.1, 0.15) is 6.54 Å². The fourth-order valence-electron chi connectivity index (χ4n) is 2.63. The molecule has 0 aliphatic heterocycles. The molecule has 0 saturated carbocycles. The molecule has 2 amide bonds. The summed E-state index contributed by atoms with van der Waals surface area (Å²) in [6.07, 6.45) is 0. The van der Waals surface area contributed by atoms with Crippen LogP contribution in [0.25, 0.3) is 0 Å². The zero-order valence-corrected chi connectivity index (χ0v) is 15.6. The fourth-order valence-corrected chi connectivity index (χ4v) is 2.63. The van der Waals surface area contributed by atoms with Crippen molar-refractivity contribution in [1.29, 1.82) is 0 Å². The molecule has 1 N–H and O–H groups in total. The van der Waals surface area contributed by atoms with E-state index in [2.05, 4.69) is 19.2 Å². The van der Waals surface area contributed by atoms with Gasteiger partial charge in [-0.2, -0.15) is 0 Å². The van der Waals surface area contributed by atoms with Gasteiger partial charge in [-0.1, -0.05) is 38.1 Å². The van der Waals surface area contributed by atoms with Gasteiger partial charge in [-0.15, -0.1) is 0 Å². The molecule has 0 fully saturated rings. The Morgan fingerprint density at radius 1 is 1.04 bits per heavy atom. The summed E-state index contributed by atoms with van der Waals surface area (Å²) in [5.74, 6) is 0.0534. The molecule has 0 saturated heterocycles. The number of nitrogens with one attached hydrogen (secondary N) is 1. The topological polar surface area (TPSA) is 49.4 Å². The number of anilines is 2. The number of carbonyl (C=O) groups is 2. The molecule has 0 atom stereocenters. The number of carbonyl (C=O) groups excluding carboxylic acids is 2. The molecule has 0 aromatic heterocycles. The third-order valence-electron chi connectivity index (χ3n) is 4.22. The molecule has 0 spiro atoms. The molecule has 2 aromatic carbocycles. The summed E-state index contributed by atoms with van der Waals surface area (Å²) in [7, 11) is 0. The van der Waals surface area contributed by atoms with E-state index in [1.54, 1.807) is 0 Å². The van der Waals surface area contributed by atoms with E-state index in [1.807, 2.05) is 56.3 Å². The van der Waals surface area contributed by atoms with Crippen LogP contribution >= 0.6 is 0 Å². The molecule has 0 radical (unpaired) electrons. The van der Waals surface area contributed by atoms with Crippen molar-refractivity contribution in [3.63, 3.8) is 0 Å². The Labute approximate surface area is 149 Å². The van der Waals surface area contributed by atoms with E-state index in [-0.39, 0.29) is 18.4 Å². The normalized spacial score (nSPS) is 10.6. The van der Waals surface area contributed by atoms with Crippen LogP contribution in [-0.2, 0) is 9.59 Å². The molecule has 0 heterocycles. The van der Waals surface area contributed by atoms with Crippen LogP contribution in [0.15, 0.2) is 42.5 Å². The lowest BCUT2D eigenvalue weighted by atomic mass is 10.0. The van der Waals surface area contributed by atoms with E-state index in [4.69, 9.17) is 0 Å². The maximum Gasteiger partial charge on any atom is 0.244 e. The highest BCUT2D eigenvalue weighted by Gasteiger charge is 2.16. The van der Waals surface area contributed by atoms with E-state index >= 15 is 0 Å². The van der Waals surface area contributed by atoms with E-state index in [0.29, 0.717) is 5.92 Å².